The minimum absolute atomic E-state index is 0.267. The quantitative estimate of drug-likeness (QED) is 0.432. The summed E-state index contributed by atoms with van der Waals surface area (Å²) >= 11 is 0. The van der Waals surface area contributed by atoms with E-state index in [2.05, 4.69) is 26.0 Å². The Labute approximate surface area is 168 Å². The molecule has 1 atom stereocenters. The molecule has 1 unspecified atom stereocenters. The van der Waals surface area contributed by atoms with Gasteiger partial charge < -0.3 is 4.74 Å². The number of hydrogen-bond donors (Lipinski definition) is 0. The number of nitrogens with zero attached hydrogens (tertiary/aromatic N) is 1. The highest BCUT2D eigenvalue weighted by Gasteiger charge is 2.34. The van der Waals surface area contributed by atoms with Crippen molar-refractivity contribution in [2.45, 2.75) is 64.2 Å². The molecule has 0 radical (unpaired) electrons. The van der Waals surface area contributed by atoms with E-state index in [4.69, 9.17) is 10.00 Å². The topological polar surface area (TPSA) is 50.1 Å². The minimum Gasteiger partial charge on any atom is -0.423 e. The summed E-state index contributed by atoms with van der Waals surface area (Å²) in [5, 5.41) is 8.86. The maximum absolute atomic E-state index is 12.3. The second kappa shape index (κ2) is 9.06. The van der Waals surface area contributed by atoms with E-state index in [0.717, 1.165) is 0 Å². The average Bonchev–Trinajstić information content (AvgIpc) is 2.74. The van der Waals surface area contributed by atoms with Gasteiger partial charge in [0.2, 0.25) is 0 Å². The molecule has 2 aromatic carbocycles. The van der Waals surface area contributed by atoms with Gasteiger partial charge in [-0.3, -0.25) is 0 Å². The number of benzene rings is 2. The molecule has 28 heavy (non-hydrogen) atoms. The number of carbonyl (C=O) groups is 1. The lowest BCUT2D eigenvalue weighted by molar-refractivity contribution is 0.0734. The molecule has 1 saturated carbocycles. The van der Waals surface area contributed by atoms with Gasteiger partial charge in [0.1, 0.15) is 5.75 Å². The summed E-state index contributed by atoms with van der Waals surface area (Å²) in [7, 11) is 0. The lowest BCUT2D eigenvalue weighted by atomic mass is 9.65. The maximum Gasteiger partial charge on any atom is 0.343 e. The normalized spacial score (nSPS) is 16.8. The van der Waals surface area contributed by atoms with Crippen molar-refractivity contribution in [3.05, 3.63) is 65.2 Å². The van der Waals surface area contributed by atoms with Crippen LogP contribution in [0.3, 0.4) is 0 Å². The van der Waals surface area contributed by atoms with E-state index in [9.17, 15) is 4.79 Å². The van der Waals surface area contributed by atoms with Crippen LogP contribution in [0.15, 0.2) is 48.5 Å². The van der Waals surface area contributed by atoms with E-state index in [1.165, 1.54) is 50.5 Å². The number of carbonyl (C=O) groups excluding carboxylic acids is 1. The molecule has 3 nitrogen and oxygen atoms in total. The van der Waals surface area contributed by atoms with Gasteiger partial charge in [0.05, 0.1) is 17.2 Å². The van der Waals surface area contributed by atoms with Crippen LogP contribution in [0.25, 0.3) is 0 Å². The summed E-state index contributed by atoms with van der Waals surface area (Å²) in [6, 6.07) is 16.7. The third kappa shape index (κ3) is 4.62. The molecule has 1 aliphatic carbocycles. The van der Waals surface area contributed by atoms with Crippen LogP contribution in [0.1, 0.15) is 80.3 Å². The van der Waals surface area contributed by atoms with E-state index >= 15 is 0 Å². The lowest BCUT2D eigenvalue weighted by Gasteiger charge is -2.40. The van der Waals surface area contributed by atoms with Gasteiger partial charge in [-0.1, -0.05) is 51.7 Å². The number of ether oxygens (including phenoxy) is 1. The van der Waals surface area contributed by atoms with Crippen molar-refractivity contribution in [1.82, 2.24) is 0 Å². The van der Waals surface area contributed by atoms with Crippen LogP contribution in [0.2, 0.25) is 0 Å². The summed E-state index contributed by atoms with van der Waals surface area (Å²) in [6.07, 6.45) is 8.87. The molecule has 3 rings (SSSR count). The molecule has 2 aromatic rings. The Morgan fingerprint density at radius 3 is 2.29 bits per heavy atom. The fraction of sp³-hybridized carbons (Fsp3) is 0.440. The van der Waals surface area contributed by atoms with Crippen molar-refractivity contribution in [1.29, 1.82) is 5.26 Å². The third-order valence-electron chi connectivity index (χ3n) is 6.17. The van der Waals surface area contributed by atoms with Crippen LogP contribution in [0.4, 0.5) is 0 Å². The highest BCUT2D eigenvalue weighted by atomic mass is 16.5. The van der Waals surface area contributed by atoms with E-state index < -0.39 is 5.97 Å². The largest absolute Gasteiger partial charge is 0.423 e. The zero-order chi connectivity index (χ0) is 20.0. The molecule has 0 amide bonds. The van der Waals surface area contributed by atoms with Crippen molar-refractivity contribution in [2.75, 3.05) is 0 Å². The van der Waals surface area contributed by atoms with Crippen LogP contribution in [0.5, 0.6) is 5.75 Å². The predicted molar refractivity (Wildman–Crippen MR) is 111 cm³/mol. The van der Waals surface area contributed by atoms with E-state index in [1.54, 1.807) is 24.3 Å². The zero-order valence-electron chi connectivity index (χ0n) is 16.9. The van der Waals surface area contributed by atoms with Crippen molar-refractivity contribution in [3.63, 3.8) is 0 Å². The Balaban J connectivity index is 1.74. The van der Waals surface area contributed by atoms with Gasteiger partial charge in [-0.25, -0.2) is 4.79 Å². The van der Waals surface area contributed by atoms with Crippen LogP contribution in [-0.4, -0.2) is 5.97 Å². The maximum atomic E-state index is 12.3. The highest BCUT2D eigenvalue weighted by Crippen LogP contribution is 2.44. The fourth-order valence-corrected chi connectivity index (χ4v) is 4.37. The number of hydrogen-bond acceptors (Lipinski definition) is 3. The first-order valence-corrected chi connectivity index (χ1v) is 10.4. The van der Waals surface area contributed by atoms with E-state index in [0.29, 0.717) is 22.8 Å². The SMILES string of the molecule is CCC(C)CC1(c2ccc(OC(=O)c3ccc(C#N)cc3)cc2)CCCCC1. The molecule has 0 N–H and O–H groups in total. The molecule has 0 spiro atoms. The van der Waals surface area contributed by atoms with E-state index in [1.807, 2.05) is 18.2 Å². The third-order valence-corrected chi connectivity index (χ3v) is 6.17. The highest BCUT2D eigenvalue weighted by molar-refractivity contribution is 5.91. The van der Waals surface area contributed by atoms with Gasteiger partial charge in [0.25, 0.3) is 0 Å². The number of esters is 1. The average molecular weight is 376 g/mol. The summed E-state index contributed by atoms with van der Waals surface area (Å²) < 4.78 is 5.53. The van der Waals surface area contributed by atoms with Crippen LogP contribution >= 0.6 is 0 Å². The Morgan fingerprint density at radius 2 is 1.71 bits per heavy atom. The first kappa shape index (κ1) is 20.1. The van der Waals surface area contributed by atoms with Crippen molar-refractivity contribution in [3.8, 4) is 11.8 Å². The van der Waals surface area contributed by atoms with Gasteiger partial charge in [-0.05, 0) is 72.6 Å². The van der Waals surface area contributed by atoms with E-state index in [-0.39, 0.29) is 5.41 Å². The van der Waals surface area contributed by atoms with Crippen LogP contribution < -0.4 is 4.74 Å². The number of nitriles is 1. The van der Waals surface area contributed by atoms with Crippen molar-refractivity contribution >= 4 is 5.97 Å². The summed E-state index contributed by atoms with van der Waals surface area (Å²) in [5.74, 6) is 0.879. The molecule has 0 bridgehead atoms. The van der Waals surface area contributed by atoms with Gasteiger partial charge in [0.15, 0.2) is 0 Å². The monoisotopic (exact) mass is 375 g/mol. The van der Waals surface area contributed by atoms with Crippen molar-refractivity contribution < 1.29 is 9.53 Å². The molecule has 0 aliphatic heterocycles. The smallest absolute Gasteiger partial charge is 0.343 e. The molecular weight excluding hydrogens is 346 g/mol. The zero-order valence-corrected chi connectivity index (χ0v) is 16.9. The van der Waals surface area contributed by atoms with Crippen molar-refractivity contribution in [2.24, 2.45) is 5.92 Å². The Kier molecular flexibility index (Phi) is 6.52. The fourth-order valence-electron chi connectivity index (χ4n) is 4.37. The molecular formula is C25H29NO2. The molecule has 0 heterocycles. The van der Waals surface area contributed by atoms with Gasteiger partial charge in [-0.2, -0.15) is 5.26 Å². The first-order chi connectivity index (χ1) is 13.6. The molecule has 1 aliphatic rings. The second-order valence-electron chi connectivity index (χ2n) is 8.16. The van der Waals surface area contributed by atoms with Gasteiger partial charge in [-0.15, -0.1) is 0 Å². The Morgan fingerprint density at radius 1 is 1.07 bits per heavy atom. The second-order valence-corrected chi connectivity index (χ2v) is 8.16. The standard InChI is InChI=1S/C25H29NO2/c1-3-19(2)17-25(15-5-4-6-16-25)22-11-13-23(14-12-22)28-24(27)21-9-7-20(18-26)8-10-21/h7-14,19H,3-6,15-17H2,1-2H3. The molecule has 3 heteroatoms. The number of rotatable bonds is 6. The Bertz CT molecular complexity index is 824. The summed E-state index contributed by atoms with van der Waals surface area (Å²) in [6.45, 7) is 4.62. The summed E-state index contributed by atoms with van der Waals surface area (Å²) in [5.41, 5.74) is 2.62. The molecule has 1 fully saturated rings. The Hall–Kier alpha value is -2.60. The van der Waals surface area contributed by atoms with Gasteiger partial charge in [0, 0.05) is 0 Å². The first-order valence-electron chi connectivity index (χ1n) is 10.4. The lowest BCUT2D eigenvalue weighted by Crippen LogP contribution is -2.31. The molecule has 146 valence electrons. The van der Waals surface area contributed by atoms with Gasteiger partial charge >= 0.3 is 5.97 Å². The molecule has 0 aromatic heterocycles. The minimum atomic E-state index is -0.399. The predicted octanol–water partition coefficient (Wildman–Crippen LogP) is 6.42. The molecule has 0 saturated heterocycles. The van der Waals surface area contributed by atoms with Crippen LogP contribution in [0, 0.1) is 17.2 Å². The summed E-state index contributed by atoms with van der Waals surface area (Å²) in [4.78, 5) is 12.3. The van der Waals surface area contributed by atoms with Crippen LogP contribution in [-0.2, 0) is 5.41 Å².